The molecule has 4 rings (SSSR count). The highest BCUT2D eigenvalue weighted by molar-refractivity contribution is 6.31. The van der Waals surface area contributed by atoms with E-state index in [0.29, 0.717) is 22.5 Å². The van der Waals surface area contributed by atoms with Crippen LogP contribution in [-0.4, -0.2) is 19.7 Å². The Balaban J connectivity index is 1.95. The summed E-state index contributed by atoms with van der Waals surface area (Å²) in [5.41, 5.74) is 4.71. The van der Waals surface area contributed by atoms with Crippen molar-refractivity contribution < 1.29 is 0 Å². The number of fused-ring (bicyclic) bond motifs is 2. The number of aromatic nitrogens is 4. The van der Waals surface area contributed by atoms with Crippen molar-refractivity contribution in [3.8, 4) is 0 Å². The SMILES string of the molecule is Cc1n[nH]c(C)c1/C=C1\CCn2c1nc1cc(Cl)ccc1c2=O. The van der Waals surface area contributed by atoms with Crippen LogP contribution in [0.2, 0.25) is 5.02 Å². The molecule has 2 aromatic heterocycles. The number of rotatable bonds is 1. The van der Waals surface area contributed by atoms with E-state index in [-0.39, 0.29) is 5.56 Å². The number of allylic oxidation sites excluding steroid dienone is 1. The fourth-order valence-electron chi connectivity index (χ4n) is 3.07. The molecular formula is C17H15ClN4O. The number of benzene rings is 1. The Morgan fingerprint density at radius 3 is 2.91 bits per heavy atom. The van der Waals surface area contributed by atoms with E-state index in [4.69, 9.17) is 11.6 Å². The fraction of sp³-hybridized carbons (Fsp3) is 0.235. The van der Waals surface area contributed by atoms with Crippen LogP contribution in [0.5, 0.6) is 0 Å². The third kappa shape index (κ3) is 2.19. The first-order chi connectivity index (χ1) is 11.0. The molecule has 0 aliphatic carbocycles. The van der Waals surface area contributed by atoms with Crippen LogP contribution in [0.25, 0.3) is 22.6 Å². The normalized spacial score (nSPS) is 15.5. The molecular weight excluding hydrogens is 312 g/mol. The number of halogens is 1. The van der Waals surface area contributed by atoms with E-state index < -0.39 is 0 Å². The first-order valence-electron chi connectivity index (χ1n) is 7.47. The standard InChI is InChI=1S/C17H15ClN4O/c1-9-14(10(2)21-20-9)7-11-5-6-22-16(11)19-15-8-12(18)3-4-13(15)17(22)23/h3-4,7-8H,5-6H2,1-2H3,(H,20,21)/b11-7+. The second kappa shape index (κ2) is 5.06. The van der Waals surface area contributed by atoms with Gasteiger partial charge in [-0.05, 0) is 50.1 Å². The lowest BCUT2D eigenvalue weighted by Gasteiger charge is -2.06. The average Bonchev–Trinajstić information content (AvgIpc) is 3.06. The predicted octanol–water partition coefficient (Wildman–Crippen LogP) is 3.33. The van der Waals surface area contributed by atoms with E-state index >= 15 is 0 Å². The molecule has 0 bridgehead atoms. The van der Waals surface area contributed by atoms with Crippen molar-refractivity contribution in [2.75, 3.05) is 0 Å². The summed E-state index contributed by atoms with van der Waals surface area (Å²) in [6.45, 7) is 4.61. The summed E-state index contributed by atoms with van der Waals surface area (Å²) in [6.07, 6.45) is 2.87. The summed E-state index contributed by atoms with van der Waals surface area (Å²) in [7, 11) is 0. The van der Waals surface area contributed by atoms with Crippen LogP contribution in [0.3, 0.4) is 0 Å². The third-order valence-electron chi connectivity index (χ3n) is 4.31. The second-order valence-electron chi connectivity index (χ2n) is 5.82. The van der Waals surface area contributed by atoms with Crippen molar-refractivity contribution in [3.63, 3.8) is 0 Å². The zero-order valence-electron chi connectivity index (χ0n) is 12.9. The number of hydrogen-bond acceptors (Lipinski definition) is 3. The number of nitrogens with zero attached hydrogens (tertiary/aromatic N) is 3. The summed E-state index contributed by atoms with van der Waals surface area (Å²) >= 11 is 6.04. The van der Waals surface area contributed by atoms with Crippen molar-refractivity contribution in [2.45, 2.75) is 26.8 Å². The van der Waals surface area contributed by atoms with Crippen molar-refractivity contribution >= 4 is 34.2 Å². The van der Waals surface area contributed by atoms with E-state index in [1.807, 2.05) is 13.8 Å². The van der Waals surface area contributed by atoms with Crippen LogP contribution in [-0.2, 0) is 6.54 Å². The molecule has 0 fully saturated rings. The van der Waals surface area contributed by atoms with Gasteiger partial charge in [0, 0.05) is 22.8 Å². The van der Waals surface area contributed by atoms with Gasteiger partial charge in [-0.15, -0.1) is 0 Å². The van der Waals surface area contributed by atoms with Crippen LogP contribution in [0, 0.1) is 13.8 Å². The Morgan fingerprint density at radius 2 is 2.17 bits per heavy atom. The Morgan fingerprint density at radius 1 is 1.35 bits per heavy atom. The van der Waals surface area contributed by atoms with Crippen LogP contribution in [0.4, 0.5) is 0 Å². The van der Waals surface area contributed by atoms with Crippen molar-refractivity contribution in [1.82, 2.24) is 19.7 Å². The highest BCUT2D eigenvalue weighted by atomic mass is 35.5. The summed E-state index contributed by atoms with van der Waals surface area (Å²) in [5, 5.41) is 8.39. The maximum atomic E-state index is 12.6. The topological polar surface area (TPSA) is 63.6 Å². The smallest absolute Gasteiger partial charge is 0.261 e. The molecule has 0 amide bonds. The minimum Gasteiger partial charge on any atom is -0.292 e. The van der Waals surface area contributed by atoms with E-state index in [2.05, 4.69) is 21.3 Å². The number of nitrogens with one attached hydrogen (secondary N) is 1. The maximum absolute atomic E-state index is 12.6. The van der Waals surface area contributed by atoms with Gasteiger partial charge in [0.1, 0.15) is 5.82 Å². The van der Waals surface area contributed by atoms with Crippen LogP contribution >= 0.6 is 11.6 Å². The predicted molar refractivity (Wildman–Crippen MR) is 91.6 cm³/mol. The molecule has 0 radical (unpaired) electrons. The van der Waals surface area contributed by atoms with Gasteiger partial charge in [0.15, 0.2) is 0 Å². The Bertz CT molecular complexity index is 1010. The van der Waals surface area contributed by atoms with Gasteiger partial charge < -0.3 is 0 Å². The summed E-state index contributed by atoms with van der Waals surface area (Å²) in [4.78, 5) is 17.3. The summed E-state index contributed by atoms with van der Waals surface area (Å²) in [6, 6.07) is 5.21. The molecule has 0 spiro atoms. The molecule has 1 aliphatic rings. The molecule has 1 N–H and O–H groups in total. The quantitative estimate of drug-likeness (QED) is 0.746. The minimum atomic E-state index is -0.00861. The van der Waals surface area contributed by atoms with E-state index in [0.717, 1.165) is 34.8 Å². The van der Waals surface area contributed by atoms with Gasteiger partial charge in [-0.3, -0.25) is 14.5 Å². The highest BCUT2D eigenvalue weighted by Gasteiger charge is 2.21. The molecule has 23 heavy (non-hydrogen) atoms. The number of hydrogen-bond donors (Lipinski definition) is 1. The van der Waals surface area contributed by atoms with Gasteiger partial charge >= 0.3 is 0 Å². The van der Waals surface area contributed by atoms with Crippen LogP contribution in [0.15, 0.2) is 23.0 Å². The minimum absolute atomic E-state index is 0.00861. The van der Waals surface area contributed by atoms with Crippen LogP contribution in [0.1, 0.15) is 29.2 Å². The van der Waals surface area contributed by atoms with Crippen molar-refractivity contribution in [1.29, 1.82) is 0 Å². The van der Waals surface area contributed by atoms with Crippen LogP contribution < -0.4 is 5.56 Å². The highest BCUT2D eigenvalue weighted by Crippen LogP contribution is 2.29. The zero-order chi connectivity index (χ0) is 16.1. The van der Waals surface area contributed by atoms with Gasteiger partial charge in [0.05, 0.1) is 16.6 Å². The summed E-state index contributed by atoms with van der Waals surface area (Å²) in [5.74, 6) is 0.727. The Kier molecular flexibility index (Phi) is 3.13. The second-order valence-corrected chi connectivity index (χ2v) is 6.26. The van der Waals surface area contributed by atoms with E-state index in [1.165, 1.54) is 0 Å². The van der Waals surface area contributed by atoms with Gasteiger partial charge in [-0.25, -0.2) is 4.98 Å². The van der Waals surface area contributed by atoms with Gasteiger partial charge in [-0.1, -0.05) is 11.6 Å². The lowest BCUT2D eigenvalue weighted by molar-refractivity contribution is 0.725. The molecule has 0 saturated heterocycles. The molecule has 3 aromatic rings. The van der Waals surface area contributed by atoms with Gasteiger partial charge in [0.25, 0.3) is 5.56 Å². The number of H-pyrrole nitrogens is 1. The fourth-order valence-corrected chi connectivity index (χ4v) is 3.24. The molecule has 3 heterocycles. The first-order valence-corrected chi connectivity index (χ1v) is 7.85. The van der Waals surface area contributed by atoms with E-state index in [1.54, 1.807) is 22.8 Å². The monoisotopic (exact) mass is 326 g/mol. The largest absolute Gasteiger partial charge is 0.292 e. The molecule has 6 heteroatoms. The molecule has 1 aliphatic heterocycles. The molecule has 116 valence electrons. The van der Waals surface area contributed by atoms with Crippen molar-refractivity contribution in [2.24, 2.45) is 0 Å². The van der Waals surface area contributed by atoms with Crippen molar-refractivity contribution in [3.05, 3.63) is 56.4 Å². The first kappa shape index (κ1) is 14.2. The van der Waals surface area contributed by atoms with Gasteiger partial charge in [-0.2, -0.15) is 5.10 Å². The Labute approximate surface area is 137 Å². The lowest BCUT2D eigenvalue weighted by atomic mass is 10.1. The van der Waals surface area contributed by atoms with E-state index in [9.17, 15) is 4.79 Å². The molecule has 0 unspecified atom stereocenters. The molecule has 0 saturated carbocycles. The Hall–Kier alpha value is -2.40. The summed E-state index contributed by atoms with van der Waals surface area (Å²) < 4.78 is 1.74. The number of aryl methyl sites for hydroxylation is 2. The number of aromatic amines is 1. The molecule has 0 atom stereocenters. The van der Waals surface area contributed by atoms with Gasteiger partial charge in [0.2, 0.25) is 0 Å². The zero-order valence-corrected chi connectivity index (χ0v) is 13.6. The molecule has 1 aromatic carbocycles. The third-order valence-corrected chi connectivity index (χ3v) is 4.55. The maximum Gasteiger partial charge on any atom is 0.261 e. The molecule has 5 nitrogen and oxygen atoms in total. The average molecular weight is 327 g/mol. The lowest BCUT2D eigenvalue weighted by Crippen LogP contribution is -2.20.